The summed E-state index contributed by atoms with van der Waals surface area (Å²) in [6, 6.07) is 10.0. The molecule has 0 unspecified atom stereocenters. The Hall–Kier alpha value is -1.72. The number of piperidine rings is 1. The van der Waals surface area contributed by atoms with Crippen molar-refractivity contribution in [1.29, 1.82) is 0 Å². The van der Waals surface area contributed by atoms with E-state index in [-0.39, 0.29) is 11.3 Å². The summed E-state index contributed by atoms with van der Waals surface area (Å²) in [5.41, 5.74) is 2.06. The molecule has 3 rings (SSSR count). The molecule has 1 aliphatic heterocycles. The van der Waals surface area contributed by atoms with Crippen molar-refractivity contribution in [1.82, 2.24) is 15.6 Å². The number of carbonyl (C=O) groups is 1. The molecule has 1 amide bonds. The molecule has 23 heavy (non-hydrogen) atoms. The minimum Gasteiger partial charge on any atom is -0.351 e. The average Bonchev–Trinajstić information content (AvgIpc) is 2.96. The Morgan fingerprint density at radius 3 is 2.70 bits per heavy atom. The Morgan fingerprint density at radius 2 is 2.00 bits per heavy atom. The van der Waals surface area contributed by atoms with Gasteiger partial charge in [-0.25, -0.2) is 4.98 Å². The lowest BCUT2D eigenvalue weighted by molar-refractivity contribution is 0.0925. The number of nitrogens with zero attached hydrogens (tertiary/aromatic N) is 1. The fraction of sp³-hybridized carbons (Fsp3) is 0.444. The van der Waals surface area contributed by atoms with Crippen LogP contribution in [0.15, 0.2) is 30.3 Å². The number of thiazole rings is 1. The van der Waals surface area contributed by atoms with Crippen molar-refractivity contribution in [2.24, 2.45) is 5.41 Å². The zero-order valence-electron chi connectivity index (χ0n) is 13.7. The van der Waals surface area contributed by atoms with E-state index in [1.54, 1.807) is 0 Å². The molecule has 4 nitrogen and oxygen atoms in total. The van der Waals surface area contributed by atoms with Crippen molar-refractivity contribution in [3.8, 4) is 10.6 Å². The first-order valence-electron chi connectivity index (χ1n) is 8.09. The topological polar surface area (TPSA) is 54.0 Å². The molecule has 2 N–H and O–H groups in total. The van der Waals surface area contributed by atoms with Gasteiger partial charge in [0, 0.05) is 12.1 Å². The number of nitrogens with one attached hydrogen (secondary N) is 2. The summed E-state index contributed by atoms with van der Waals surface area (Å²) in [5.74, 6) is 0.00180. The standard InChI is InChI=1S/C18H23N3OS/c1-13-15(23-17(21-13)14-6-4-3-5-7-14)16(22)20-12-18(2)8-10-19-11-9-18/h3-7,19H,8-12H2,1-2H3,(H,20,22). The normalized spacial score (nSPS) is 17.0. The van der Waals surface area contributed by atoms with Gasteiger partial charge in [-0.15, -0.1) is 11.3 Å². The summed E-state index contributed by atoms with van der Waals surface area (Å²) in [5, 5.41) is 7.39. The first kappa shape index (κ1) is 16.1. The van der Waals surface area contributed by atoms with Crippen LogP contribution < -0.4 is 10.6 Å². The molecule has 0 aliphatic carbocycles. The second-order valence-corrected chi connectivity index (χ2v) is 7.54. The number of hydrogen-bond acceptors (Lipinski definition) is 4. The van der Waals surface area contributed by atoms with E-state index in [0.717, 1.165) is 53.6 Å². The van der Waals surface area contributed by atoms with Crippen molar-refractivity contribution in [2.45, 2.75) is 26.7 Å². The third-order valence-corrected chi connectivity index (χ3v) is 5.72. The Balaban J connectivity index is 1.69. The van der Waals surface area contributed by atoms with Gasteiger partial charge in [0.15, 0.2) is 0 Å². The van der Waals surface area contributed by atoms with Crippen LogP contribution in [-0.4, -0.2) is 30.5 Å². The highest BCUT2D eigenvalue weighted by Crippen LogP contribution is 2.29. The predicted octanol–water partition coefficient (Wildman–Crippen LogP) is 3.24. The lowest BCUT2D eigenvalue weighted by atomic mass is 9.81. The molecule has 2 aromatic rings. The van der Waals surface area contributed by atoms with Crippen LogP contribution in [0.5, 0.6) is 0 Å². The summed E-state index contributed by atoms with van der Waals surface area (Å²) in [7, 11) is 0. The highest BCUT2D eigenvalue weighted by atomic mass is 32.1. The maximum atomic E-state index is 12.5. The molecule has 0 spiro atoms. The molecular weight excluding hydrogens is 306 g/mol. The SMILES string of the molecule is Cc1nc(-c2ccccc2)sc1C(=O)NCC1(C)CCNCC1. The van der Waals surface area contributed by atoms with Crippen molar-refractivity contribution >= 4 is 17.2 Å². The van der Waals surface area contributed by atoms with Crippen LogP contribution in [0.25, 0.3) is 10.6 Å². The molecule has 122 valence electrons. The minimum absolute atomic E-state index is 0.00180. The third kappa shape index (κ3) is 3.79. The van der Waals surface area contributed by atoms with Crippen molar-refractivity contribution in [2.75, 3.05) is 19.6 Å². The molecule has 1 fully saturated rings. The van der Waals surface area contributed by atoms with E-state index in [1.165, 1.54) is 11.3 Å². The van der Waals surface area contributed by atoms with E-state index in [4.69, 9.17) is 0 Å². The van der Waals surface area contributed by atoms with E-state index in [2.05, 4.69) is 22.5 Å². The molecule has 1 saturated heterocycles. The Kier molecular flexibility index (Phi) is 4.78. The number of aryl methyl sites for hydroxylation is 1. The zero-order chi connectivity index (χ0) is 16.3. The van der Waals surface area contributed by atoms with Gasteiger partial charge >= 0.3 is 0 Å². The first-order valence-corrected chi connectivity index (χ1v) is 8.91. The van der Waals surface area contributed by atoms with E-state index in [1.807, 2.05) is 37.3 Å². The van der Waals surface area contributed by atoms with Crippen molar-refractivity contribution in [3.05, 3.63) is 40.9 Å². The number of amides is 1. The van der Waals surface area contributed by atoms with Gasteiger partial charge in [0.05, 0.1) is 5.69 Å². The molecule has 0 atom stereocenters. The maximum absolute atomic E-state index is 12.5. The van der Waals surface area contributed by atoms with Crippen molar-refractivity contribution < 1.29 is 4.79 Å². The molecular formula is C18H23N3OS. The van der Waals surface area contributed by atoms with Gasteiger partial charge < -0.3 is 10.6 Å². The largest absolute Gasteiger partial charge is 0.351 e. The average molecular weight is 329 g/mol. The lowest BCUT2D eigenvalue weighted by Crippen LogP contribution is -2.42. The summed E-state index contributed by atoms with van der Waals surface area (Å²) < 4.78 is 0. The smallest absolute Gasteiger partial charge is 0.263 e. The second-order valence-electron chi connectivity index (χ2n) is 6.54. The molecule has 0 radical (unpaired) electrons. The minimum atomic E-state index is 0.00180. The fourth-order valence-electron chi connectivity index (χ4n) is 2.89. The Labute approximate surface area is 141 Å². The van der Waals surface area contributed by atoms with Crippen LogP contribution >= 0.6 is 11.3 Å². The molecule has 0 bridgehead atoms. The van der Waals surface area contributed by atoms with Gasteiger partial charge in [-0.1, -0.05) is 37.3 Å². The molecule has 5 heteroatoms. The van der Waals surface area contributed by atoms with E-state index >= 15 is 0 Å². The summed E-state index contributed by atoms with van der Waals surface area (Å²) in [6.07, 6.45) is 2.20. The Morgan fingerprint density at radius 1 is 1.30 bits per heavy atom. The first-order chi connectivity index (χ1) is 11.1. The molecule has 2 heterocycles. The lowest BCUT2D eigenvalue weighted by Gasteiger charge is -2.34. The quantitative estimate of drug-likeness (QED) is 0.905. The number of benzene rings is 1. The summed E-state index contributed by atoms with van der Waals surface area (Å²) in [6.45, 7) is 6.95. The number of rotatable bonds is 4. The van der Waals surface area contributed by atoms with Gasteiger partial charge in [0.2, 0.25) is 0 Å². The van der Waals surface area contributed by atoms with Crippen LogP contribution in [-0.2, 0) is 0 Å². The van der Waals surface area contributed by atoms with Gasteiger partial charge in [-0.3, -0.25) is 4.79 Å². The van der Waals surface area contributed by atoms with Gasteiger partial charge in [-0.2, -0.15) is 0 Å². The summed E-state index contributed by atoms with van der Waals surface area (Å²) >= 11 is 1.47. The molecule has 0 saturated carbocycles. The van der Waals surface area contributed by atoms with Crippen LogP contribution in [0.2, 0.25) is 0 Å². The van der Waals surface area contributed by atoms with Crippen LogP contribution in [0.4, 0.5) is 0 Å². The van der Waals surface area contributed by atoms with Crippen LogP contribution in [0.3, 0.4) is 0 Å². The molecule has 1 aromatic heterocycles. The van der Waals surface area contributed by atoms with Gasteiger partial charge in [0.1, 0.15) is 9.88 Å². The van der Waals surface area contributed by atoms with Gasteiger partial charge in [-0.05, 0) is 38.3 Å². The molecule has 1 aromatic carbocycles. The Bertz CT molecular complexity index is 675. The van der Waals surface area contributed by atoms with Gasteiger partial charge in [0.25, 0.3) is 5.91 Å². The number of carbonyl (C=O) groups excluding carboxylic acids is 1. The van der Waals surface area contributed by atoms with Crippen LogP contribution in [0, 0.1) is 12.3 Å². The molecule has 1 aliphatic rings. The van der Waals surface area contributed by atoms with E-state index in [9.17, 15) is 4.79 Å². The van der Waals surface area contributed by atoms with E-state index < -0.39 is 0 Å². The predicted molar refractivity (Wildman–Crippen MR) is 94.8 cm³/mol. The monoisotopic (exact) mass is 329 g/mol. The van der Waals surface area contributed by atoms with Crippen LogP contribution in [0.1, 0.15) is 35.1 Å². The number of aromatic nitrogens is 1. The van der Waals surface area contributed by atoms with E-state index in [0.29, 0.717) is 0 Å². The summed E-state index contributed by atoms with van der Waals surface area (Å²) in [4.78, 5) is 17.8. The number of hydrogen-bond donors (Lipinski definition) is 2. The highest BCUT2D eigenvalue weighted by Gasteiger charge is 2.27. The zero-order valence-corrected chi connectivity index (χ0v) is 14.5. The fourth-order valence-corrected chi connectivity index (χ4v) is 3.88. The third-order valence-electron chi connectivity index (χ3n) is 4.51. The highest BCUT2D eigenvalue weighted by molar-refractivity contribution is 7.17. The second kappa shape index (κ2) is 6.81. The van der Waals surface area contributed by atoms with Crippen molar-refractivity contribution in [3.63, 3.8) is 0 Å². The maximum Gasteiger partial charge on any atom is 0.263 e.